The maximum Gasteiger partial charge on any atom is 0.109 e. The van der Waals surface area contributed by atoms with E-state index in [2.05, 4.69) is 40.8 Å². The third-order valence-electron chi connectivity index (χ3n) is 4.42. The van der Waals surface area contributed by atoms with Crippen LogP contribution in [0, 0.1) is 0 Å². The van der Waals surface area contributed by atoms with Crippen LogP contribution in [0.15, 0.2) is 12.4 Å². The van der Waals surface area contributed by atoms with E-state index < -0.39 is 0 Å². The molecule has 1 aromatic heterocycles. The van der Waals surface area contributed by atoms with Crippen molar-refractivity contribution in [3.05, 3.63) is 18.2 Å². The number of nitrogens with zero attached hydrogens (tertiary/aromatic N) is 3. The molecule has 1 saturated carbocycles. The van der Waals surface area contributed by atoms with Crippen molar-refractivity contribution in [1.29, 1.82) is 0 Å². The first kappa shape index (κ1) is 14.5. The quantitative estimate of drug-likeness (QED) is 0.851. The summed E-state index contributed by atoms with van der Waals surface area (Å²) in [6, 6.07) is 1.51. The molecule has 0 unspecified atom stereocenters. The summed E-state index contributed by atoms with van der Waals surface area (Å²) in [6.07, 6.45) is 10.3. The minimum atomic E-state index is 0.754. The van der Waals surface area contributed by atoms with Gasteiger partial charge in [-0.3, -0.25) is 0 Å². The Morgan fingerprint density at radius 1 is 1.37 bits per heavy atom. The number of imidazole rings is 1. The van der Waals surface area contributed by atoms with Crippen LogP contribution in [0.5, 0.6) is 0 Å². The SMILES string of the molecule is CCNC1CCC(N(C)CCc2nccn2C)CC1. The van der Waals surface area contributed by atoms with Gasteiger partial charge in [0.2, 0.25) is 0 Å². The van der Waals surface area contributed by atoms with Crippen LogP contribution < -0.4 is 5.32 Å². The molecule has 0 bridgehead atoms. The van der Waals surface area contributed by atoms with Gasteiger partial charge < -0.3 is 14.8 Å². The van der Waals surface area contributed by atoms with Crippen LogP contribution in [0.2, 0.25) is 0 Å². The van der Waals surface area contributed by atoms with Crippen LogP contribution in [0.3, 0.4) is 0 Å². The number of likely N-dealkylation sites (N-methyl/N-ethyl adjacent to an activating group) is 1. The van der Waals surface area contributed by atoms with E-state index in [1.807, 2.05) is 12.4 Å². The van der Waals surface area contributed by atoms with E-state index in [0.29, 0.717) is 0 Å². The van der Waals surface area contributed by atoms with Crippen LogP contribution in [0.4, 0.5) is 0 Å². The second-order valence-electron chi connectivity index (χ2n) is 5.75. The molecule has 2 rings (SSSR count). The molecule has 0 spiro atoms. The van der Waals surface area contributed by atoms with Crippen LogP contribution in [0.25, 0.3) is 0 Å². The highest BCUT2D eigenvalue weighted by Gasteiger charge is 2.23. The van der Waals surface area contributed by atoms with Crippen molar-refractivity contribution in [2.24, 2.45) is 7.05 Å². The van der Waals surface area contributed by atoms with Gasteiger partial charge in [-0.25, -0.2) is 4.98 Å². The van der Waals surface area contributed by atoms with Gasteiger partial charge in [0.1, 0.15) is 5.82 Å². The van der Waals surface area contributed by atoms with Crippen molar-refractivity contribution in [1.82, 2.24) is 19.8 Å². The Kier molecular flexibility index (Phi) is 5.40. The molecule has 1 N–H and O–H groups in total. The predicted octanol–water partition coefficient (Wildman–Crippen LogP) is 1.82. The number of hydrogen-bond acceptors (Lipinski definition) is 3. The molecule has 1 heterocycles. The zero-order chi connectivity index (χ0) is 13.7. The number of nitrogens with one attached hydrogen (secondary N) is 1. The Balaban J connectivity index is 1.72. The maximum atomic E-state index is 4.40. The molecule has 1 aliphatic rings. The summed E-state index contributed by atoms with van der Waals surface area (Å²) in [4.78, 5) is 6.92. The molecule has 1 fully saturated rings. The molecular weight excluding hydrogens is 236 g/mol. The minimum Gasteiger partial charge on any atom is -0.338 e. The number of aryl methyl sites for hydroxylation is 1. The van der Waals surface area contributed by atoms with Crippen molar-refractivity contribution in [2.45, 2.75) is 51.1 Å². The summed E-state index contributed by atoms with van der Waals surface area (Å²) in [5.74, 6) is 1.19. The Morgan fingerprint density at radius 2 is 2.11 bits per heavy atom. The highest BCUT2D eigenvalue weighted by molar-refractivity contribution is 4.92. The van der Waals surface area contributed by atoms with Crippen LogP contribution in [-0.4, -0.2) is 46.7 Å². The fraction of sp³-hybridized carbons (Fsp3) is 0.800. The molecule has 0 saturated heterocycles. The lowest BCUT2D eigenvalue weighted by atomic mass is 9.90. The summed E-state index contributed by atoms with van der Waals surface area (Å²) >= 11 is 0. The summed E-state index contributed by atoms with van der Waals surface area (Å²) in [5.41, 5.74) is 0. The molecule has 19 heavy (non-hydrogen) atoms. The smallest absolute Gasteiger partial charge is 0.109 e. The molecule has 4 nitrogen and oxygen atoms in total. The number of aromatic nitrogens is 2. The second kappa shape index (κ2) is 7.06. The Bertz CT molecular complexity index is 366. The van der Waals surface area contributed by atoms with E-state index >= 15 is 0 Å². The third-order valence-corrected chi connectivity index (χ3v) is 4.42. The van der Waals surface area contributed by atoms with E-state index in [1.54, 1.807) is 0 Å². The van der Waals surface area contributed by atoms with E-state index in [4.69, 9.17) is 0 Å². The lowest BCUT2D eigenvalue weighted by Gasteiger charge is -2.35. The van der Waals surface area contributed by atoms with Gasteiger partial charge in [0.05, 0.1) is 0 Å². The molecule has 0 aromatic carbocycles. The third kappa shape index (κ3) is 4.05. The molecule has 0 atom stereocenters. The molecule has 0 aliphatic heterocycles. The zero-order valence-corrected chi connectivity index (χ0v) is 12.6. The average Bonchev–Trinajstić information content (AvgIpc) is 2.83. The molecule has 0 radical (unpaired) electrons. The summed E-state index contributed by atoms with van der Waals surface area (Å²) in [5, 5.41) is 3.57. The van der Waals surface area contributed by atoms with Crippen LogP contribution in [-0.2, 0) is 13.5 Å². The standard InChI is InChI=1S/C15H28N4/c1-4-16-13-5-7-14(8-6-13)18(2)11-9-15-17-10-12-19(15)3/h10,12-14,16H,4-9,11H2,1-3H3. The lowest BCUT2D eigenvalue weighted by Crippen LogP contribution is -2.41. The van der Waals surface area contributed by atoms with Gasteiger partial charge in [0, 0.05) is 44.5 Å². The molecule has 1 aromatic rings. The zero-order valence-electron chi connectivity index (χ0n) is 12.6. The highest BCUT2D eigenvalue weighted by Crippen LogP contribution is 2.22. The van der Waals surface area contributed by atoms with Crippen molar-refractivity contribution >= 4 is 0 Å². The molecule has 1 aliphatic carbocycles. The van der Waals surface area contributed by atoms with E-state index in [-0.39, 0.29) is 0 Å². The minimum absolute atomic E-state index is 0.754. The number of rotatable bonds is 6. The fourth-order valence-corrected chi connectivity index (χ4v) is 3.11. The fourth-order valence-electron chi connectivity index (χ4n) is 3.11. The first-order chi connectivity index (χ1) is 9.20. The molecule has 4 heteroatoms. The summed E-state index contributed by atoms with van der Waals surface area (Å²) in [6.45, 7) is 4.41. The normalized spacial score (nSPS) is 24.0. The molecule has 108 valence electrons. The Hall–Kier alpha value is -0.870. The van der Waals surface area contributed by atoms with Gasteiger partial charge in [-0.2, -0.15) is 0 Å². The Morgan fingerprint density at radius 3 is 2.68 bits per heavy atom. The van der Waals surface area contributed by atoms with Gasteiger partial charge in [-0.15, -0.1) is 0 Å². The number of hydrogen-bond donors (Lipinski definition) is 1. The van der Waals surface area contributed by atoms with Crippen molar-refractivity contribution < 1.29 is 0 Å². The summed E-state index contributed by atoms with van der Waals surface area (Å²) < 4.78 is 2.12. The first-order valence-corrected chi connectivity index (χ1v) is 7.60. The second-order valence-corrected chi connectivity index (χ2v) is 5.75. The maximum absolute atomic E-state index is 4.40. The van der Waals surface area contributed by atoms with Crippen molar-refractivity contribution in [3.63, 3.8) is 0 Å². The van der Waals surface area contributed by atoms with Crippen molar-refractivity contribution in [2.75, 3.05) is 20.1 Å². The first-order valence-electron chi connectivity index (χ1n) is 7.60. The highest BCUT2D eigenvalue weighted by atomic mass is 15.1. The largest absolute Gasteiger partial charge is 0.338 e. The monoisotopic (exact) mass is 264 g/mol. The van der Waals surface area contributed by atoms with Gasteiger partial charge in [0.25, 0.3) is 0 Å². The lowest BCUT2D eigenvalue weighted by molar-refractivity contribution is 0.175. The van der Waals surface area contributed by atoms with Crippen molar-refractivity contribution in [3.8, 4) is 0 Å². The summed E-state index contributed by atoms with van der Waals surface area (Å²) in [7, 11) is 4.34. The van der Waals surface area contributed by atoms with Gasteiger partial charge in [0.15, 0.2) is 0 Å². The van der Waals surface area contributed by atoms with E-state index in [0.717, 1.165) is 31.6 Å². The van der Waals surface area contributed by atoms with Gasteiger partial charge >= 0.3 is 0 Å². The van der Waals surface area contributed by atoms with E-state index in [1.165, 1.54) is 31.5 Å². The van der Waals surface area contributed by atoms with Crippen LogP contribution in [0.1, 0.15) is 38.4 Å². The average molecular weight is 264 g/mol. The van der Waals surface area contributed by atoms with Gasteiger partial charge in [-0.05, 0) is 39.3 Å². The van der Waals surface area contributed by atoms with Crippen LogP contribution >= 0.6 is 0 Å². The Labute approximate surface area is 117 Å². The molecule has 0 amide bonds. The molecular formula is C15H28N4. The predicted molar refractivity (Wildman–Crippen MR) is 79.3 cm³/mol. The van der Waals surface area contributed by atoms with E-state index in [9.17, 15) is 0 Å². The topological polar surface area (TPSA) is 33.1 Å². The van der Waals surface area contributed by atoms with Gasteiger partial charge in [-0.1, -0.05) is 6.92 Å².